The summed E-state index contributed by atoms with van der Waals surface area (Å²) in [6.45, 7) is 4.81. The molecule has 1 spiro atoms. The maximum absolute atomic E-state index is 13.7. The fraction of sp³-hybridized carbons (Fsp3) is 0.765. The number of aliphatic hydroxyl groups is 2. The van der Waals surface area contributed by atoms with Crippen LogP contribution >= 0.6 is 0 Å². The van der Waals surface area contributed by atoms with Gasteiger partial charge in [-0.1, -0.05) is 19.1 Å². The van der Waals surface area contributed by atoms with Crippen LogP contribution in [0, 0.1) is 34.5 Å². The molecule has 1 aromatic rings. The summed E-state index contributed by atoms with van der Waals surface area (Å²) in [4.78, 5) is 27.9. The second-order valence-corrected chi connectivity index (χ2v) is 14.5. The van der Waals surface area contributed by atoms with E-state index in [9.17, 15) is 19.8 Å². The molecule has 7 bridgehead atoms. The molecule has 2 unspecified atom stereocenters. The van der Waals surface area contributed by atoms with E-state index in [2.05, 4.69) is 17.1 Å². The zero-order chi connectivity index (χ0) is 32.1. The molecule has 5 aliphatic carbocycles. The van der Waals surface area contributed by atoms with Crippen LogP contribution in [0.4, 0.5) is 5.69 Å². The molecule has 11 nitrogen and oxygen atoms in total. The average molecular weight is 629 g/mol. The minimum absolute atomic E-state index is 0.0387. The lowest BCUT2D eigenvalue weighted by Gasteiger charge is -2.70. The summed E-state index contributed by atoms with van der Waals surface area (Å²) in [5.74, 6) is -1.36. The summed E-state index contributed by atoms with van der Waals surface area (Å²) in [6, 6.07) is 6.41. The van der Waals surface area contributed by atoms with Crippen LogP contribution in [-0.4, -0.2) is 117 Å². The van der Waals surface area contributed by atoms with Crippen LogP contribution in [-0.2, 0) is 28.5 Å². The third-order valence-electron chi connectivity index (χ3n) is 13.3. The Balaban J connectivity index is 1.37. The molecule has 3 N–H and O–H groups in total. The number of hydrogen-bond donors (Lipinski definition) is 3. The number of fused-ring (bicyclic) bond motifs is 2. The number of para-hydroxylation sites is 1. The molecule has 6 fully saturated rings. The minimum Gasteiger partial charge on any atom is -0.461 e. The Labute approximate surface area is 264 Å². The molecule has 1 aliphatic heterocycles. The van der Waals surface area contributed by atoms with E-state index in [1.165, 1.54) is 6.92 Å². The smallest absolute Gasteiger partial charge is 0.340 e. The van der Waals surface area contributed by atoms with Gasteiger partial charge in [-0.3, -0.25) is 9.69 Å². The lowest BCUT2D eigenvalue weighted by molar-refractivity contribution is -0.320. The molecule has 1 amide bonds. The fourth-order valence-corrected chi connectivity index (χ4v) is 12.2. The number of rotatable bonds is 9. The maximum atomic E-state index is 13.7. The molecule has 0 aromatic heterocycles. The molecular weight excluding hydrogens is 580 g/mol. The lowest BCUT2D eigenvalue weighted by atomic mass is 9.42. The van der Waals surface area contributed by atoms with Crippen molar-refractivity contribution in [3.8, 4) is 0 Å². The minimum atomic E-state index is -1.66. The number of hydrogen-bond acceptors (Lipinski definition) is 10. The highest BCUT2D eigenvalue weighted by molar-refractivity contribution is 6.00. The van der Waals surface area contributed by atoms with Gasteiger partial charge in [-0.15, -0.1) is 0 Å². The van der Waals surface area contributed by atoms with E-state index in [4.69, 9.17) is 23.7 Å². The summed E-state index contributed by atoms with van der Waals surface area (Å²) < 4.78 is 31.2. The molecule has 248 valence electrons. The average Bonchev–Trinajstić information content (AvgIpc) is 3.45. The van der Waals surface area contributed by atoms with Crippen molar-refractivity contribution in [1.82, 2.24) is 4.90 Å². The summed E-state index contributed by atoms with van der Waals surface area (Å²) >= 11 is 0. The van der Waals surface area contributed by atoms with E-state index in [0.29, 0.717) is 31.6 Å². The third kappa shape index (κ3) is 3.72. The van der Waals surface area contributed by atoms with Crippen LogP contribution in [0.25, 0.3) is 0 Å². The zero-order valence-corrected chi connectivity index (χ0v) is 27.2. The standard InChI is InChI=1S/C34H48N2O9/c1-7-36-16-31(17-45-29(38)19-10-8-9-11-22(19)35-18(2)37)13-12-24(42-4)33-21-14-20-23(41-3)15-32(39,25(21)26(20)43-5)34(40,30(33)36)28(44-6)27(31)33/h8-11,20-21,23-28,30,39-40H,7,12-17H2,1-6H3,(H,35,37)/t20-,21-,23+,24-,25?,26+,27?,28+,30+,31+,32-,33+,34+/m1/s1. The Morgan fingerprint density at radius 2 is 1.82 bits per heavy atom. The van der Waals surface area contributed by atoms with Gasteiger partial charge in [0.05, 0.1) is 48.3 Å². The van der Waals surface area contributed by atoms with Crippen molar-refractivity contribution >= 4 is 17.6 Å². The van der Waals surface area contributed by atoms with E-state index in [1.807, 2.05) is 0 Å². The Kier molecular flexibility index (Phi) is 7.48. The molecular formula is C34H48N2O9. The zero-order valence-electron chi connectivity index (χ0n) is 27.2. The first-order valence-electron chi connectivity index (χ1n) is 16.4. The number of amides is 1. The molecule has 13 atom stereocenters. The Morgan fingerprint density at radius 3 is 2.47 bits per heavy atom. The fourth-order valence-electron chi connectivity index (χ4n) is 12.2. The molecule has 7 rings (SSSR count). The quantitative estimate of drug-likeness (QED) is 0.349. The van der Waals surface area contributed by atoms with Crippen molar-refractivity contribution in [2.24, 2.45) is 34.5 Å². The number of piperidine rings is 1. The highest BCUT2D eigenvalue weighted by atomic mass is 16.5. The second kappa shape index (κ2) is 10.7. The largest absolute Gasteiger partial charge is 0.461 e. The van der Waals surface area contributed by atoms with Crippen LogP contribution < -0.4 is 5.32 Å². The highest BCUT2D eigenvalue weighted by Crippen LogP contribution is 2.80. The molecule has 6 aliphatic rings. The van der Waals surface area contributed by atoms with E-state index >= 15 is 0 Å². The van der Waals surface area contributed by atoms with Gasteiger partial charge in [0.25, 0.3) is 0 Å². The molecule has 45 heavy (non-hydrogen) atoms. The number of carbonyl (C=O) groups excluding carboxylic acids is 2. The Morgan fingerprint density at radius 1 is 1.07 bits per heavy atom. The molecule has 0 radical (unpaired) electrons. The SMILES string of the molecule is CCN1C[C@]2(COC(=O)c3ccccc3NC(C)=O)CC[C@@H](OC)[C@@]34C2[C@H](OC)[C@](O)([C@@H]13)[C@@]1(O)C[C@H](OC)[C@H]2C[C@@H]4C1[C@H]2OC. The number of benzene rings is 1. The number of methoxy groups -OCH3 is 4. The Bertz CT molecular complexity index is 1360. The number of esters is 1. The van der Waals surface area contributed by atoms with E-state index in [0.717, 1.165) is 12.8 Å². The van der Waals surface area contributed by atoms with Gasteiger partial charge in [-0.05, 0) is 43.9 Å². The van der Waals surface area contributed by atoms with Gasteiger partial charge < -0.3 is 39.2 Å². The van der Waals surface area contributed by atoms with Crippen LogP contribution in [0.2, 0.25) is 0 Å². The Hall–Kier alpha value is -2.12. The summed E-state index contributed by atoms with van der Waals surface area (Å²) in [6.07, 6.45) is 0.993. The number of likely N-dealkylation sites (tertiary alicyclic amines) is 1. The van der Waals surface area contributed by atoms with Gasteiger partial charge >= 0.3 is 5.97 Å². The number of ether oxygens (including phenoxy) is 5. The second-order valence-electron chi connectivity index (χ2n) is 14.5. The summed E-state index contributed by atoms with van der Waals surface area (Å²) in [5.41, 5.74) is -3.68. The van der Waals surface area contributed by atoms with Crippen molar-refractivity contribution in [3.63, 3.8) is 0 Å². The maximum Gasteiger partial charge on any atom is 0.340 e. The van der Waals surface area contributed by atoms with Crippen molar-refractivity contribution in [1.29, 1.82) is 0 Å². The first-order valence-corrected chi connectivity index (χ1v) is 16.4. The number of likely N-dealkylation sites (N-methyl/N-ethyl adjacent to an activating group) is 1. The van der Waals surface area contributed by atoms with Crippen LogP contribution in [0.15, 0.2) is 24.3 Å². The number of nitrogens with one attached hydrogen (secondary N) is 1. The third-order valence-corrected chi connectivity index (χ3v) is 13.3. The molecule has 11 heteroatoms. The van der Waals surface area contributed by atoms with Crippen molar-refractivity contribution in [3.05, 3.63) is 29.8 Å². The molecule has 1 aromatic carbocycles. The number of carbonyl (C=O) groups is 2. The molecule has 1 heterocycles. The van der Waals surface area contributed by atoms with Crippen molar-refractivity contribution in [2.45, 2.75) is 81.2 Å². The highest BCUT2D eigenvalue weighted by Gasteiger charge is 2.91. The van der Waals surface area contributed by atoms with Gasteiger partial charge in [-0.25, -0.2) is 4.79 Å². The predicted octanol–water partition coefficient (Wildman–Crippen LogP) is 2.09. The number of anilines is 1. The van der Waals surface area contributed by atoms with E-state index < -0.39 is 40.1 Å². The predicted molar refractivity (Wildman–Crippen MR) is 162 cm³/mol. The van der Waals surface area contributed by atoms with Gasteiger partial charge in [0.2, 0.25) is 5.91 Å². The van der Waals surface area contributed by atoms with Crippen LogP contribution in [0.1, 0.15) is 49.9 Å². The van der Waals surface area contributed by atoms with Crippen molar-refractivity contribution in [2.75, 3.05) is 53.5 Å². The van der Waals surface area contributed by atoms with E-state index in [-0.39, 0.29) is 60.1 Å². The number of nitrogens with zero attached hydrogens (tertiary/aromatic N) is 1. The van der Waals surface area contributed by atoms with Gasteiger partial charge in [-0.2, -0.15) is 0 Å². The first kappa shape index (κ1) is 31.5. The van der Waals surface area contributed by atoms with Gasteiger partial charge in [0, 0.05) is 76.9 Å². The van der Waals surface area contributed by atoms with E-state index in [1.54, 1.807) is 52.7 Å². The molecule has 5 saturated carbocycles. The van der Waals surface area contributed by atoms with Gasteiger partial charge in [0.15, 0.2) is 0 Å². The normalized spacial score (nSPS) is 47.4. The van der Waals surface area contributed by atoms with Gasteiger partial charge in [0.1, 0.15) is 11.2 Å². The monoisotopic (exact) mass is 628 g/mol. The lowest BCUT2D eigenvalue weighted by Crippen LogP contribution is -2.82. The first-order chi connectivity index (χ1) is 21.5. The van der Waals surface area contributed by atoms with Crippen LogP contribution in [0.3, 0.4) is 0 Å². The van der Waals surface area contributed by atoms with Crippen LogP contribution in [0.5, 0.6) is 0 Å². The topological polar surface area (TPSA) is 136 Å². The van der Waals surface area contributed by atoms with Crippen molar-refractivity contribution < 1.29 is 43.5 Å². The summed E-state index contributed by atoms with van der Waals surface area (Å²) in [7, 11) is 6.75. The molecule has 1 saturated heterocycles. The summed E-state index contributed by atoms with van der Waals surface area (Å²) in [5, 5.41) is 29.2.